The predicted octanol–water partition coefficient (Wildman–Crippen LogP) is 6.06. The summed E-state index contributed by atoms with van der Waals surface area (Å²) in [6.07, 6.45) is 2.53. The van der Waals surface area contributed by atoms with Gasteiger partial charge in [0.2, 0.25) is 5.75 Å². The third-order valence-electron chi connectivity index (χ3n) is 6.94. The molecule has 0 spiro atoms. The van der Waals surface area contributed by atoms with E-state index in [2.05, 4.69) is 59.9 Å². The highest BCUT2D eigenvalue weighted by Gasteiger charge is 2.27. The summed E-state index contributed by atoms with van der Waals surface area (Å²) in [5.74, 6) is 0.0681. The summed E-state index contributed by atoms with van der Waals surface area (Å²) in [5.41, 5.74) is 2.32. The summed E-state index contributed by atoms with van der Waals surface area (Å²) in [7, 11) is 0. The Morgan fingerprint density at radius 2 is 1.62 bits per heavy atom. The van der Waals surface area contributed by atoms with Crippen molar-refractivity contribution in [3.63, 3.8) is 0 Å². The lowest BCUT2D eigenvalue weighted by Gasteiger charge is -2.34. The Kier molecular flexibility index (Phi) is 8.48. The first kappa shape index (κ1) is 28.4. The molecule has 1 aliphatic rings. The van der Waals surface area contributed by atoms with E-state index in [1.165, 1.54) is 11.3 Å². The lowest BCUT2D eigenvalue weighted by Crippen LogP contribution is -2.35. The number of carbonyl (C=O) groups excluding carboxylic acids is 1. The molecule has 0 unspecified atom stereocenters. The predicted molar refractivity (Wildman–Crippen MR) is 155 cm³/mol. The lowest BCUT2D eigenvalue weighted by atomic mass is 9.87. The van der Waals surface area contributed by atoms with Crippen LogP contribution in [0.25, 0.3) is 0 Å². The fourth-order valence-electron chi connectivity index (χ4n) is 4.78. The summed E-state index contributed by atoms with van der Waals surface area (Å²) in [6, 6.07) is 18.3. The summed E-state index contributed by atoms with van der Waals surface area (Å²) in [6.45, 7) is 14.0. The number of H-pyrrole nitrogens is 1. The first-order valence-corrected chi connectivity index (χ1v) is 13.8. The second-order valence-electron chi connectivity index (χ2n) is 12.4. The van der Waals surface area contributed by atoms with Gasteiger partial charge in [0.25, 0.3) is 5.56 Å². The Bertz CT molecular complexity index is 1310. The third-order valence-corrected chi connectivity index (χ3v) is 6.94. The molecule has 3 aromatic rings. The second kappa shape index (κ2) is 11.6. The van der Waals surface area contributed by atoms with Gasteiger partial charge >= 0.3 is 5.97 Å². The van der Waals surface area contributed by atoms with Crippen LogP contribution in [-0.4, -0.2) is 34.6 Å². The molecule has 0 atom stereocenters. The Balaban J connectivity index is 1.46. The van der Waals surface area contributed by atoms with Crippen molar-refractivity contribution in [1.82, 2.24) is 9.97 Å². The first-order valence-electron chi connectivity index (χ1n) is 13.8. The third kappa shape index (κ3) is 7.71. The molecule has 1 aromatic heterocycles. The normalized spacial score (nSPS) is 14.8. The van der Waals surface area contributed by atoms with Crippen molar-refractivity contribution in [2.75, 3.05) is 18.0 Å². The highest BCUT2D eigenvalue weighted by atomic mass is 16.6. The molecule has 39 heavy (non-hydrogen) atoms. The molecule has 0 bridgehead atoms. The maximum absolute atomic E-state index is 13.1. The second-order valence-corrected chi connectivity index (χ2v) is 12.4. The van der Waals surface area contributed by atoms with E-state index in [0.717, 1.165) is 31.5 Å². The number of ether oxygens (including phenoxy) is 2. The van der Waals surface area contributed by atoms with Gasteiger partial charge in [-0.1, -0.05) is 63.2 Å². The first-order chi connectivity index (χ1) is 18.4. The van der Waals surface area contributed by atoms with Crippen LogP contribution in [0, 0.1) is 5.92 Å². The Labute approximate surface area is 231 Å². The van der Waals surface area contributed by atoms with Gasteiger partial charge in [-0.3, -0.25) is 4.79 Å². The van der Waals surface area contributed by atoms with Crippen molar-refractivity contribution < 1.29 is 14.3 Å². The molecule has 7 heteroatoms. The molecule has 7 nitrogen and oxygen atoms in total. The Morgan fingerprint density at radius 3 is 2.21 bits per heavy atom. The molecule has 1 N–H and O–H groups in total. The van der Waals surface area contributed by atoms with E-state index >= 15 is 0 Å². The van der Waals surface area contributed by atoms with Crippen molar-refractivity contribution >= 4 is 11.7 Å². The van der Waals surface area contributed by atoms with Gasteiger partial charge in [0.05, 0.1) is 0 Å². The zero-order valence-corrected chi connectivity index (χ0v) is 24.0. The fraction of sp³-hybridized carbons (Fsp3) is 0.469. The number of aromatic nitrogens is 2. The molecule has 1 fully saturated rings. The van der Waals surface area contributed by atoms with Gasteiger partial charge in [0, 0.05) is 25.2 Å². The molecule has 208 valence electrons. The van der Waals surface area contributed by atoms with Gasteiger partial charge < -0.3 is 19.4 Å². The molecular weight excluding hydrogens is 490 g/mol. The van der Waals surface area contributed by atoms with Crippen molar-refractivity contribution in [1.29, 1.82) is 0 Å². The number of hydrogen-bond donors (Lipinski definition) is 1. The molecule has 4 rings (SSSR count). The Morgan fingerprint density at radius 1 is 0.974 bits per heavy atom. The summed E-state index contributed by atoms with van der Waals surface area (Å²) >= 11 is 0. The van der Waals surface area contributed by atoms with E-state index < -0.39 is 17.1 Å². The number of carbonyl (C=O) groups is 1. The van der Waals surface area contributed by atoms with Crippen LogP contribution in [0.1, 0.15) is 81.8 Å². The van der Waals surface area contributed by atoms with E-state index in [1.807, 2.05) is 30.3 Å². The molecular formula is C32H41N3O4. The van der Waals surface area contributed by atoms with Gasteiger partial charge in [0.1, 0.15) is 18.0 Å². The summed E-state index contributed by atoms with van der Waals surface area (Å²) in [4.78, 5) is 36.0. The number of esters is 1. The zero-order chi connectivity index (χ0) is 28.2. The average Bonchev–Trinajstić information content (AvgIpc) is 2.87. The number of benzene rings is 2. The monoisotopic (exact) mass is 531 g/mol. The standard InChI is InChI=1S/C32H41N3O4/c1-31(2,3)24-12-14-25(15-13-24)35-18-16-22(17-19-35)20-26-33-27(30(37)39-32(4,5)6)28(29(36)34-26)38-21-23-10-8-7-9-11-23/h7-15,22H,16-21H2,1-6H3,(H,33,34,36). The lowest BCUT2D eigenvalue weighted by molar-refractivity contribution is 0.00571. The smallest absolute Gasteiger partial charge is 0.361 e. The molecule has 1 aliphatic heterocycles. The van der Waals surface area contributed by atoms with Gasteiger partial charge in [-0.05, 0) is 68.2 Å². The van der Waals surface area contributed by atoms with E-state index in [-0.39, 0.29) is 23.5 Å². The molecule has 2 heterocycles. The summed E-state index contributed by atoms with van der Waals surface area (Å²) < 4.78 is 11.4. The van der Waals surface area contributed by atoms with Crippen LogP contribution in [0.5, 0.6) is 5.75 Å². The summed E-state index contributed by atoms with van der Waals surface area (Å²) in [5, 5.41) is 0. The molecule has 0 amide bonds. The number of aromatic amines is 1. The van der Waals surface area contributed by atoms with Crippen molar-refractivity contribution in [3.05, 3.63) is 87.6 Å². The van der Waals surface area contributed by atoms with Gasteiger partial charge in [-0.25, -0.2) is 9.78 Å². The highest BCUT2D eigenvalue weighted by molar-refractivity contribution is 5.90. The van der Waals surface area contributed by atoms with Gasteiger partial charge in [-0.15, -0.1) is 0 Å². The van der Waals surface area contributed by atoms with Crippen LogP contribution in [0.3, 0.4) is 0 Å². The maximum atomic E-state index is 13.1. The number of nitrogens with one attached hydrogen (secondary N) is 1. The molecule has 2 aromatic carbocycles. The van der Waals surface area contributed by atoms with Crippen LogP contribution in [0.15, 0.2) is 59.4 Å². The number of rotatable bonds is 7. The minimum atomic E-state index is -0.726. The van der Waals surface area contributed by atoms with Crippen LogP contribution >= 0.6 is 0 Å². The van der Waals surface area contributed by atoms with Crippen LogP contribution in [0.4, 0.5) is 5.69 Å². The van der Waals surface area contributed by atoms with Crippen molar-refractivity contribution in [2.24, 2.45) is 5.92 Å². The van der Waals surface area contributed by atoms with Gasteiger partial charge in [-0.2, -0.15) is 0 Å². The number of piperidine rings is 1. The molecule has 1 saturated heterocycles. The van der Waals surface area contributed by atoms with E-state index in [9.17, 15) is 9.59 Å². The Hall–Kier alpha value is -3.61. The van der Waals surface area contributed by atoms with Gasteiger partial charge in [0.15, 0.2) is 5.69 Å². The van der Waals surface area contributed by atoms with Crippen LogP contribution < -0.4 is 15.2 Å². The van der Waals surface area contributed by atoms with Crippen LogP contribution in [-0.2, 0) is 23.2 Å². The zero-order valence-electron chi connectivity index (χ0n) is 24.0. The van der Waals surface area contributed by atoms with E-state index in [4.69, 9.17) is 9.47 Å². The van der Waals surface area contributed by atoms with Crippen LogP contribution in [0.2, 0.25) is 0 Å². The highest BCUT2D eigenvalue weighted by Crippen LogP contribution is 2.29. The van der Waals surface area contributed by atoms with Crippen molar-refractivity contribution in [2.45, 2.75) is 78.4 Å². The molecule has 0 aliphatic carbocycles. The largest absolute Gasteiger partial charge is 0.481 e. The minimum Gasteiger partial charge on any atom is -0.481 e. The maximum Gasteiger partial charge on any atom is 0.361 e. The van der Waals surface area contributed by atoms with Crippen molar-refractivity contribution in [3.8, 4) is 5.75 Å². The molecule has 0 saturated carbocycles. The topological polar surface area (TPSA) is 84.5 Å². The number of hydrogen-bond acceptors (Lipinski definition) is 6. The average molecular weight is 532 g/mol. The quantitative estimate of drug-likeness (QED) is 0.373. The van der Waals surface area contributed by atoms with E-state index in [1.54, 1.807) is 20.8 Å². The number of anilines is 1. The fourth-order valence-corrected chi connectivity index (χ4v) is 4.78. The minimum absolute atomic E-state index is 0.0732. The van der Waals surface area contributed by atoms with E-state index in [0.29, 0.717) is 18.2 Å². The number of nitrogens with zero attached hydrogens (tertiary/aromatic N) is 2. The molecule has 0 radical (unpaired) electrons. The SMILES string of the molecule is CC(C)(C)OC(=O)c1nc(CC2CCN(c3ccc(C(C)(C)C)cc3)CC2)[nH]c(=O)c1OCc1ccccc1.